The molecule has 0 aliphatic heterocycles. The lowest BCUT2D eigenvalue weighted by Crippen LogP contribution is -2.53. The highest BCUT2D eigenvalue weighted by Crippen LogP contribution is 2.26. The zero-order valence-corrected chi connectivity index (χ0v) is 24.5. The number of rotatable bonds is 14. The van der Waals surface area contributed by atoms with Crippen LogP contribution in [0.2, 0.25) is 0 Å². The van der Waals surface area contributed by atoms with Gasteiger partial charge in [0.15, 0.2) is 0 Å². The zero-order chi connectivity index (χ0) is 28.5. The van der Waals surface area contributed by atoms with Gasteiger partial charge in [0.05, 0.1) is 12.8 Å². The number of nitrogens with one attached hydrogen (secondary N) is 1. The first-order valence-corrected chi connectivity index (χ1v) is 14.3. The van der Waals surface area contributed by atoms with E-state index in [-0.39, 0.29) is 12.5 Å². The Balaban J connectivity index is 2.53. The van der Waals surface area contributed by atoms with Gasteiger partial charge in [-0.15, -0.1) is 0 Å². The SMILES string of the molecule is CCCCNC(=O)[C@@H](CC)N(Cc1cccc(OC)c1)C(=O)CN(c1cc(C)ccc1C)S(=O)(=O)N(C)C. The first-order valence-electron chi connectivity index (χ1n) is 12.9. The number of amides is 2. The molecule has 2 aromatic carbocycles. The quantitative estimate of drug-likeness (QED) is 0.365. The summed E-state index contributed by atoms with van der Waals surface area (Å²) in [5.74, 6) is -0.106. The van der Waals surface area contributed by atoms with Crippen molar-refractivity contribution in [2.75, 3.05) is 38.6 Å². The van der Waals surface area contributed by atoms with Crippen LogP contribution in [-0.4, -0.2) is 69.8 Å². The van der Waals surface area contributed by atoms with Crippen LogP contribution in [0.5, 0.6) is 5.75 Å². The molecule has 10 heteroatoms. The summed E-state index contributed by atoms with van der Waals surface area (Å²) in [6.07, 6.45) is 2.13. The van der Waals surface area contributed by atoms with Crippen LogP contribution in [-0.2, 0) is 26.3 Å². The molecule has 0 fully saturated rings. The third kappa shape index (κ3) is 7.94. The van der Waals surface area contributed by atoms with E-state index < -0.39 is 28.7 Å². The molecule has 0 aromatic heterocycles. The number of aryl methyl sites for hydroxylation is 2. The minimum absolute atomic E-state index is 0.123. The standard InChI is InChI=1S/C28H42N4O5S/c1-8-10-16-29-28(34)25(9-2)31(19-23-12-11-13-24(18-23)37-7)27(33)20-32(38(35,36)30(5)6)26-17-21(3)14-15-22(26)4/h11-15,17-18,25H,8-10,16,19-20H2,1-7H3,(H,29,34)/t25-/m1/s1. The highest BCUT2D eigenvalue weighted by molar-refractivity contribution is 7.90. The molecule has 210 valence electrons. The van der Waals surface area contributed by atoms with Crippen LogP contribution in [0.3, 0.4) is 0 Å². The molecule has 1 atom stereocenters. The molecule has 2 amide bonds. The number of anilines is 1. The van der Waals surface area contributed by atoms with Gasteiger partial charge in [-0.25, -0.2) is 4.31 Å². The van der Waals surface area contributed by atoms with Crippen molar-refractivity contribution in [2.45, 2.75) is 59.5 Å². The molecule has 0 radical (unpaired) electrons. The van der Waals surface area contributed by atoms with Crippen molar-refractivity contribution in [1.29, 1.82) is 0 Å². The lowest BCUT2D eigenvalue weighted by molar-refractivity contribution is -0.140. The number of carbonyl (C=O) groups excluding carboxylic acids is 2. The average molecular weight is 547 g/mol. The van der Waals surface area contributed by atoms with E-state index in [9.17, 15) is 18.0 Å². The molecule has 0 bridgehead atoms. The number of unbranched alkanes of at least 4 members (excludes halogenated alkanes) is 1. The van der Waals surface area contributed by atoms with Crippen molar-refractivity contribution in [3.05, 3.63) is 59.2 Å². The number of nitrogens with zero attached hydrogens (tertiary/aromatic N) is 3. The molecule has 9 nitrogen and oxygen atoms in total. The Labute approximate surface area is 227 Å². The summed E-state index contributed by atoms with van der Waals surface area (Å²) >= 11 is 0. The van der Waals surface area contributed by atoms with E-state index in [1.165, 1.54) is 19.0 Å². The van der Waals surface area contributed by atoms with Gasteiger partial charge in [0.1, 0.15) is 18.3 Å². The summed E-state index contributed by atoms with van der Waals surface area (Å²) in [7, 11) is 0.412. The van der Waals surface area contributed by atoms with Gasteiger partial charge in [0.25, 0.3) is 0 Å². The molecule has 0 spiro atoms. The Morgan fingerprint density at radius 3 is 2.37 bits per heavy atom. The fourth-order valence-electron chi connectivity index (χ4n) is 4.08. The maximum absolute atomic E-state index is 14.0. The summed E-state index contributed by atoms with van der Waals surface area (Å²) in [4.78, 5) is 28.6. The molecule has 1 N–H and O–H groups in total. The van der Waals surface area contributed by atoms with Crippen molar-refractivity contribution in [3.8, 4) is 5.75 Å². The van der Waals surface area contributed by atoms with Gasteiger partial charge in [-0.1, -0.05) is 44.5 Å². The Morgan fingerprint density at radius 2 is 1.76 bits per heavy atom. The van der Waals surface area contributed by atoms with Crippen molar-refractivity contribution in [2.24, 2.45) is 0 Å². The number of carbonyl (C=O) groups is 2. The first-order chi connectivity index (χ1) is 18.0. The molecule has 0 aliphatic rings. The predicted octanol–water partition coefficient (Wildman–Crippen LogP) is 3.65. The van der Waals surface area contributed by atoms with Crippen molar-refractivity contribution in [3.63, 3.8) is 0 Å². The highest BCUT2D eigenvalue weighted by atomic mass is 32.2. The van der Waals surface area contributed by atoms with E-state index in [0.717, 1.165) is 38.1 Å². The lowest BCUT2D eigenvalue weighted by atomic mass is 10.1. The molecular weight excluding hydrogens is 504 g/mol. The monoisotopic (exact) mass is 546 g/mol. The van der Waals surface area contributed by atoms with Crippen LogP contribution in [0.15, 0.2) is 42.5 Å². The molecule has 0 saturated carbocycles. The summed E-state index contributed by atoms with van der Waals surface area (Å²) < 4.78 is 34.4. The molecule has 0 saturated heterocycles. The van der Waals surface area contributed by atoms with Crippen LogP contribution < -0.4 is 14.4 Å². The first kappa shape index (κ1) is 31.1. The maximum atomic E-state index is 14.0. The van der Waals surface area contributed by atoms with Gasteiger partial charge in [0.2, 0.25) is 11.8 Å². The summed E-state index contributed by atoms with van der Waals surface area (Å²) in [5.41, 5.74) is 2.78. The van der Waals surface area contributed by atoms with Crippen molar-refractivity contribution < 1.29 is 22.7 Å². The van der Waals surface area contributed by atoms with E-state index in [4.69, 9.17) is 4.74 Å². The Morgan fingerprint density at radius 1 is 1.05 bits per heavy atom. The molecule has 38 heavy (non-hydrogen) atoms. The third-order valence-corrected chi connectivity index (χ3v) is 8.16. The van der Waals surface area contributed by atoms with Gasteiger partial charge in [-0.05, 0) is 61.6 Å². The predicted molar refractivity (Wildman–Crippen MR) is 151 cm³/mol. The van der Waals surface area contributed by atoms with Gasteiger partial charge >= 0.3 is 10.2 Å². The largest absolute Gasteiger partial charge is 0.497 e. The van der Waals surface area contributed by atoms with E-state index in [1.807, 2.05) is 52.0 Å². The van der Waals surface area contributed by atoms with Gasteiger partial charge in [-0.2, -0.15) is 12.7 Å². The second kappa shape index (κ2) is 14.2. The van der Waals surface area contributed by atoms with Gasteiger partial charge in [0, 0.05) is 27.2 Å². The zero-order valence-electron chi connectivity index (χ0n) is 23.7. The van der Waals surface area contributed by atoms with E-state index in [1.54, 1.807) is 25.3 Å². The fraction of sp³-hybridized carbons (Fsp3) is 0.500. The van der Waals surface area contributed by atoms with Gasteiger partial charge < -0.3 is 15.0 Å². The summed E-state index contributed by atoms with van der Waals surface area (Å²) in [6, 6.07) is 12.0. The third-order valence-electron chi connectivity index (χ3n) is 6.35. The smallest absolute Gasteiger partial charge is 0.304 e. The van der Waals surface area contributed by atoms with Crippen LogP contribution in [0.4, 0.5) is 5.69 Å². The molecular formula is C28H42N4O5S. The summed E-state index contributed by atoms with van der Waals surface area (Å²) in [6.45, 7) is 7.74. The Bertz CT molecular complexity index is 1200. The molecule has 0 aliphatic carbocycles. The van der Waals surface area contributed by atoms with Crippen LogP contribution in [0.1, 0.15) is 49.8 Å². The number of hydrogen-bond donors (Lipinski definition) is 1. The number of benzene rings is 2. The maximum Gasteiger partial charge on any atom is 0.304 e. The molecule has 0 heterocycles. The second-order valence-electron chi connectivity index (χ2n) is 9.53. The molecule has 2 rings (SSSR count). The normalized spacial score (nSPS) is 12.2. The molecule has 2 aromatic rings. The number of methoxy groups -OCH3 is 1. The number of hydrogen-bond acceptors (Lipinski definition) is 5. The minimum Gasteiger partial charge on any atom is -0.497 e. The average Bonchev–Trinajstić information content (AvgIpc) is 2.88. The Kier molecular flexibility index (Phi) is 11.6. The van der Waals surface area contributed by atoms with E-state index in [0.29, 0.717) is 24.4 Å². The lowest BCUT2D eigenvalue weighted by Gasteiger charge is -2.34. The van der Waals surface area contributed by atoms with Crippen LogP contribution >= 0.6 is 0 Å². The van der Waals surface area contributed by atoms with E-state index in [2.05, 4.69) is 5.32 Å². The summed E-state index contributed by atoms with van der Waals surface area (Å²) in [5, 5.41) is 2.93. The highest BCUT2D eigenvalue weighted by Gasteiger charge is 2.34. The molecule has 0 unspecified atom stereocenters. The van der Waals surface area contributed by atoms with Crippen LogP contribution in [0, 0.1) is 13.8 Å². The second-order valence-corrected chi connectivity index (χ2v) is 11.6. The number of ether oxygens (including phenoxy) is 1. The fourth-order valence-corrected chi connectivity index (χ4v) is 5.20. The van der Waals surface area contributed by atoms with Crippen molar-refractivity contribution >= 4 is 27.7 Å². The topological polar surface area (TPSA) is 99.3 Å². The van der Waals surface area contributed by atoms with Crippen LogP contribution in [0.25, 0.3) is 0 Å². The minimum atomic E-state index is -4.02. The Hall–Kier alpha value is -3.11. The van der Waals surface area contributed by atoms with E-state index >= 15 is 0 Å². The van der Waals surface area contributed by atoms with Gasteiger partial charge in [-0.3, -0.25) is 9.59 Å². The van der Waals surface area contributed by atoms with Crippen molar-refractivity contribution in [1.82, 2.24) is 14.5 Å².